The topological polar surface area (TPSA) is 60.9 Å². The fraction of sp³-hybridized carbons (Fsp3) is 0.263. The quantitative estimate of drug-likeness (QED) is 0.896. The van der Waals surface area contributed by atoms with E-state index in [2.05, 4.69) is 0 Å². The van der Waals surface area contributed by atoms with Crippen LogP contribution in [0.4, 0.5) is 5.69 Å². The van der Waals surface area contributed by atoms with Gasteiger partial charge in [0.25, 0.3) is 5.91 Å². The van der Waals surface area contributed by atoms with Crippen molar-refractivity contribution in [1.29, 1.82) is 0 Å². The van der Waals surface area contributed by atoms with Gasteiger partial charge in [0, 0.05) is 23.3 Å². The lowest BCUT2D eigenvalue weighted by Gasteiger charge is -2.39. The third kappa shape index (κ3) is 3.46. The van der Waals surface area contributed by atoms with Crippen LogP contribution >= 0.6 is 11.6 Å². The number of halogens is 1. The average molecular weight is 359 g/mol. The van der Waals surface area contributed by atoms with Gasteiger partial charge < -0.3 is 14.9 Å². The zero-order valence-corrected chi connectivity index (χ0v) is 14.8. The molecule has 5 nitrogen and oxygen atoms in total. The number of piperazine rings is 1. The number of phenolic OH excluding ortho intramolecular Hbond substituents is 1. The normalized spacial score (nSPS) is 17.7. The minimum Gasteiger partial charge on any atom is -0.507 e. The van der Waals surface area contributed by atoms with Crippen molar-refractivity contribution in [2.75, 3.05) is 18.0 Å². The molecule has 1 aliphatic rings. The molecule has 0 spiro atoms. The monoisotopic (exact) mass is 358 g/mol. The summed E-state index contributed by atoms with van der Waals surface area (Å²) in [6.45, 7) is 4.25. The number of hydrogen-bond acceptors (Lipinski definition) is 3. The van der Waals surface area contributed by atoms with E-state index in [4.69, 9.17) is 11.6 Å². The summed E-state index contributed by atoms with van der Waals surface area (Å²) in [6.07, 6.45) is 0. The molecular weight excluding hydrogens is 340 g/mol. The van der Waals surface area contributed by atoms with Gasteiger partial charge in [-0.05, 0) is 44.2 Å². The summed E-state index contributed by atoms with van der Waals surface area (Å²) in [6, 6.07) is 11.9. The van der Waals surface area contributed by atoms with Gasteiger partial charge in [-0.2, -0.15) is 0 Å². The Morgan fingerprint density at radius 3 is 2.52 bits per heavy atom. The van der Waals surface area contributed by atoms with Crippen LogP contribution in [0.1, 0.15) is 22.8 Å². The summed E-state index contributed by atoms with van der Waals surface area (Å²) in [5, 5.41) is 10.3. The molecule has 130 valence electrons. The van der Waals surface area contributed by atoms with E-state index < -0.39 is 0 Å². The smallest absolute Gasteiger partial charge is 0.258 e. The molecule has 25 heavy (non-hydrogen) atoms. The Bertz CT molecular complexity index is 820. The molecule has 1 heterocycles. The minimum atomic E-state index is -0.376. The van der Waals surface area contributed by atoms with E-state index in [-0.39, 0.29) is 35.7 Å². The molecule has 0 aromatic heterocycles. The maximum absolute atomic E-state index is 12.7. The maximum Gasteiger partial charge on any atom is 0.258 e. The van der Waals surface area contributed by atoms with E-state index in [9.17, 15) is 14.7 Å². The molecule has 1 atom stereocenters. The number of aryl methyl sites for hydroxylation is 1. The number of rotatable bonds is 2. The molecule has 2 aromatic carbocycles. The van der Waals surface area contributed by atoms with Crippen LogP contribution in [0, 0.1) is 6.92 Å². The Hall–Kier alpha value is -2.53. The summed E-state index contributed by atoms with van der Waals surface area (Å²) >= 11 is 5.81. The van der Waals surface area contributed by atoms with E-state index >= 15 is 0 Å². The minimum absolute atomic E-state index is 0.0318. The standard InChI is InChI=1S/C19H19ClN2O3/c1-12-3-6-15(7-4-12)22-10-13(2)21(11-18(22)24)19(25)16-8-5-14(20)9-17(16)23/h3-9,13,23H,10-11H2,1-2H3/t13-/m0/s1. The second-order valence-electron chi connectivity index (χ2n) is 6.28. The van der Waals surface area contributed by atoms with Crippen molar-refractivity contribution >= 4 is 29.1 Å². The molecule has 0 unspecified atom stereocenters. The number of carbonyl (C=O) groups is 2. The number of hydrogen-bond donors (Lipinski definition) is 1. The van der Waals surface area contributed by atoms with Crippen LogP contribution in [-0.2, 0) is 4.79 Å². The predicted molar refractivity (Wildman–Crippen MR) is 97.1 cm³/mol. The van der Waals surface area contributed by atoms with E-state index in [0.717, 1.165) is 11.3 Å². The molecular formula is C19H19ClN2O3. The summed E-state index contributed by atoms with van der Waals surface area (Å²) in [4.78, 5) is 28.5. The van der Waals surface area contributed by atoms with E-state index in [1.54, 1.807) is 11.0 Å². The van der Waals surface area contributed by atoms with Gasteiger partial charge in [-0.15, -0.1) is 0 Å². The lowest BCUT2D eigenvalue weighted by molar-refractivity contribution is -0.121. The second kappa shape index (κ2) is 6.76. The molecule has 1 aliphatic heterocycles. The van der Waals surface area contributed by atoms with Crippen molar-refractivity contribution < 1.29 is 14.7 Å². The van der Waals surface area contributed by atoms with Gasteiger partial charge >= 0.3 is 0 Å². The van der Waals surface area contributed by atoms with Crippen LogP contribution in [0.5, 0.6) is 5.75 Å². The van der Waals surface area contributed by atoms with E-state index in [1.165, 1.54) is 17.0 Å². The van der Waals surface area contributed by atoms with Crippen molar-refractivity contribution in [1.82, 2.24) is 4.90 Å². The highest BCUT2D eigenvalue weighted by atomic mass is 35.5. The highest BCUT2D eigenvalue weighted by Gasteiger charge is 2.34. The third-order valence-corrected chi connectivity index (χ3v) is 4.62. The number of phenols is 1. The summed E-state index contributed by atoms with van der Waals surface area (Å²) in [5.74, 6) is -0.708. The number of carbonyl (C=O) groups excluding carboxylic acids is 2. The number of nitrogens with zero attached hydrogens (tertiary/aromatic N) is 2. The molecule has 1 saturated heterocycles. The first-order valence-corrected chi connectivity index (χ1v) is 8.41. The van der Waals surface area contributed by atoms with Crippen molar-refractivity contribution in [3.8, 4) is 5.75 Å². The summed E-state index contributed by atoms with van der Waals surface area (Å²) in [5.41, 5.74) is 2.09. The molecule has 1 fully saturated rings. The van der Waals surface area contributed by atoms with Gasteiger partial charge in [-0.25, -0.2) is 0 Å². The van der Waals surface area contributed by atoms with Crippen LogP contribution in [-0.4, -0.2) is 41.0 Å². The third-order valence-electron chi connectivity index (χ3n) is 4.38. The Balaban J connectivity index is 1.81. The highest BCUT2D eigenvalue weighted by Crippen LogP contribution is 2.26. The van der Waals surface area contributed by atoms with Crippen LogP contribution in [0.25, 0.3) is 0 Å². The molecule has 0 bridgehead atoms. The molecule has 0 radical (unpaired) electrons. The van der Waals surface area contributed by atoms with Gasteiger partial charge in [-0.1, -0.05) is 29.3 Å². The van der Waals surface area contributed by atoms with Crippen molar-refractivity contribution in [3.05, 3.63) is 58.6 Å². The molecule has 0 saturated carbocycles. The Labute approximate surface area is 151 Å². The first kappa shape index (κ1) is 17.3. The van der Waals surface area contributed by atoms with Crippen LogP contribution < -0.4 is 4.90 Å². The molecule has 1 N–H and O–H groups in total. The highest BCUT2D eigenvalue weighted by molar-refractivity contribution is 6.30. The predicted octanol–water partition coefficient (Wildman–Crippen LogP) is 3.23. The fourth-order valence-corrected chi connectivity index (χ4v) is 3.10. The SMILES string of the molecule is Cc1ccc(N2C[C@H](C)N(C(=O)c3ccc(Cl)cc3O)CC2=O)cc1. The van der Waals surface area contributed by atoms with Crippen molar-refractivity contribution in [2.24, 2.45) is 0 Å². The average Bonchev–Trinajstić information content (AvgIpc) is 2.57. The van der Waals surface area contributed by atoms with Gasteiger partial charge in [0.15, 0.2) is 0 Å². The van der Waals surface area contributed by atoms with Gasteiger partial charge in [0.1, 0.15) is 12.3 Å². The fourth-order valence-electron chi connectivity index (χ4n) is 2.94. The van der Waals surface area contributed by atoms with Crippen LogP contribution in [0.2, 0.25) is 5.02 Å². The second-order valence-corrected chi connectivity index (χ2v) is 6.72. The van der Waals surface area contributed by atoms with Crippen LogP contribution in [0.15, 0.2) is 42.5 Å². The molecule has 2 amide bonds. The van der Waals surface area contributed by atoms with Crippen molar-refractivity contribution in [2.45, 2.75) is 19.9 Å². The number of benzene rings is 2. The Morgan fingerprint density at radius 1 is 1.20 bits per heavy atom. The summed E-state index contributed by atoms with van der Waals surface area (Å²) < 4.78 is 0. The first-order valence-electron chi connectivity index (χ1n) is 8.03. The van der Waals surface area contributed by atoms with Gasteiger partial charge in [-0.3, -0.25) is 9.59 Å². The zero-order valence-electron chi connectivity index (χ0n) is 14.1. The number of anilines is 1. The molecule has 6 heteroatoms. The van der Waals surface area contributed by atoms with Crippen molar-refractivity contribution in [3.63, 3.8) is 0 Å². The number of aromatic hydroxyl groups is 1. The zero-order chi connectivity index (χ0) is 18.1. The lowest BCUT2D eigenvalue weighted by atomic mass is 10.1. The maximum atomic E-state index is 12.7. The summed E-state index contributed by atoms with van der Waals surface area (Å²) in [7, 11) is 0. The number of amides is 2. The van der Waals surface area contributed by atoms with E-state index in [1.807, 2.05) is 38.1 Å². The molecule has 3 rings (SSSR count). The Morgan fingerprint density at radius 2 is 1.88 bits per heavy atom. The van der Waals surface area contributed by atoms with Gasteiger partial charge in [0.2, 0.25) is 5.91 Å². The van der Waals surface area contributed by atoms with E-state index in [0.29, 0.717) is 11.6 Å². The largest absolute Gasteiger partial charge is 0.507 e. The molecule has 2 aromatic rings. The van der Waals surface area contributed by atoms with Gasteiger partial charge in [0.05, 0.1) is 5.56 Å². The van der Waals surface area contributed by atoms with Crippen LogP contribution in [0.3, 0.4) is 0 Å². The molecule has 0 aliphatic carbocycles. The first-order chi connectivity index (χ1) is 11.9. The Kier molecular flexibility index (Phi) is 4.68. The lowest BCUT2D eigenvalue weighted by Crippen LogP contribution is -2.57.